The number of urea groups is 1. The molecule has 0 fully saturated rings. The molecule has 0 saturated heterocycles. The van der Waals surface area contributed by atoms with Gasteiger partial charge in [0, 0.05) is 42.4 Å². The number of benzene rings is 1. The molecule has 0 bridgehead atoms. The predicted molar refractivity (Wildman–Crippen MR) is 108 cm³/mol. The summed E-state index contributed by atoms with van der Waals surface area (Å²) in [7, 11) is 5.38. The lowest BCUT2D eigenvalue weighted by Crippen LogP contribution is -2.36. The van der Waals surface area contributed by atoms with Gasteiger partial charge in [-0.25, -0.2) is 4.79 Å². The highest BCUT2D eigenvalue weighted by Crippen LogP contribution is 2.33. The Balaban J connectivity index is 1.48. The maximum atomic E-state index is 12.8. The molecule has 1 N–H and O–H groups in total. The van der Waals surface area contributed by atoms with Crippen molar-refractivity contribution in [1.29, 1.82) is 0 Å². The lowest BCUT2D eigenvalue weighted by Gasteiger charge is -2.31. The van der Waals surface area contributed by atoms with Gasteiger partial charge in [-0.1, -0.05) is 12.1 Å². The van der Waals surface area contributed by atoms with E-state index in [-0.39, 0.29) is 12.1 Å². The van der Waals surface area contributed by atoms with E-state index in [1.165, 1.54) is 5.69 Å². The van der Waals surface area contributed by atoms with Crippen molar-refractivity contribution in [2.24, 2.45) is 7.05 Å². The number of anilines is 1. The van der Waals surface area contributed by atoms with Crippen LogP contribution in [0.1, 0.15) is 30.1 Å². The van der Waals surface area contributed by atoms with E-state index in [2.05, 4.69) is 19.8 Å². The summed E-state index contributed by atoms with van der Waals surface area (Å²) < 4.78 is 11.5. The number of aryl methyl sites for hydroxylation is 1. The van der Waals surface area contributed by atoms with Crippen molar-refractivity contribution < 1.29 is 9.53 Å². The van der Waals surface area contributed by atoms with Crippen LogP contribution in [0.15, 0.2) is 30.5 Å². The van der Waals surface area contributed by atoms with Gasteiger partial charge >= 0.3 is 6.03 Å². The zero-order chi connectivity index (χ0) is 19.7. The van der Waals surface area contributed by atoms with Gasteiger partial charge in [0.05, 0.1) is 19.3 Å². The first-order chi connectivity index (χ1) is 13.6. The molecule has 2 heterocycles. The second kappa shape index (κ2) is 7.59. The van der Waals surface area contributed by atoms with Crippen LogP contribution in [0.4, 0.5) is 9.93 Å². The van der Waals surface area contributed by atoms with Gasteiger partial charge in [-0.2, -0.15) is 14.5 Å². The minimum absolute atomic E-state index is 0.0169. The Morgan fingerprint density at radius 1 is 1.43 bits per heavy atom. The van der Waals surface area contributed by atoms with Crippen molar-refractivity contribution in [3.8, 4) is 17.1 Å². The Labute approximate surface area is 167 Å². The molecule has 2 amide bonds. The fraction of sp³-hybridized carbons (Fsp3) is 0.368. The highest BCUT2D eigenvalue weighted by molar-refractivity contribution is 7.10. The van der Waals surface area contributed by atoms with Crippen molar-refractivity contribution in [3.63, 3.8) is 0 Å². The van der Waals surface area contributed by atoms with Gasteiger partial charge in [0.2, 0.25) is 5.13 Å². The molecule has 9 heteroatoms. The molecule has 0 saturated carbocycles. The largest absolute Gasteiger partial charge is 0.497 e. The second-order valence-electron chi connectivity index (χ2n) is 6.77. The monoisotopic (exact) mass is 398 g/mol. The summed E-state index contributed by atoms with van der Waals surface area (Å²) in [4.78, 5) is 19.0. The van der Waals surface area contributed by atoms with E-state index in [4.69, 9.17) is 4.74 Å². The summed E-state index contributed by atoms with van der Waals surface area (Å²) >= 11 is 1.16. The van der Waals surface area contributed by atoms with E-state index in [0.717, 1.165) is 47.7 Å². The van der Waals surface area contributed by atoms with Gasteiger partial charge in [0.15, 0.2) is 5.82 Å². The summed E-state index contributed by atoms with van der Waals surface area (Å²) in [5.41, 5.74) is 3.17. The Morgan fingerprint density at radius 3 is 3.11 bits per heavy atom. The van der Waals surface area contributed by atoms with Crippen LogP contribution in [0.5, 0.6) is 5.75 Å². The highest BCUT2D eigenvalue weighted by Gasteiger charge is 2.29. The molecule has 1 atom stereocenters. The average Bonchev–Trinajstić information content (AvgIpc) is 3.34. The van der Waals surface area contributed by atoms with E-state index < -0.39 is 0 Å². The number of ether oxygens (including phenoxy) is 1. The topological polar surface area (TPSA) is 85.2 Å². The van der Waals surface area contributed by atoms with Crippen LogP contribution < -0.4 is 10.1 Å². The molecule has 1 aliphatic rings. The molecule has 0 spiro atoms. The number of carbonyl (C=O) groups excluding carboxylic acids is 1. The van der Waals surface area contributed by atoms with Gasteiger partial charge in [-0.3, -0.25) is 10.00 Å². The van der Waals surface area contributed by atoms with Crippen LogP contribution in [0, 0.1) is 0 Å². The Kier molecular flexibility index (Phi) is 4.99. The molecule has 28 heavy (non-hydrogen) atoms. The summed E-state index contributed by atoms with van der Waals surface area (Å²) in [5.74, 6) is 1.30. The van der Waals surface area contributed by atoms with Gasteiger partial charge in [-0.15, -0.1) is 0 Å². The standard InChI is InChI=1S/C19H22N6O2S/c1-24(15-8-5-9-16-14(15)11-20-25(16)2)19(26)22-18-21-17(23-28-18)12-6-4-7-13(10-12)27-3/h4,6-7,10-11,15H,5,8-9H2,1-3H3,(H,21,22,23,26). The van der Waals surface area contributed by atoms with Crippen LogP contribution >= 0.6 is 11.5 Å². The molecule has 146 valence electrons. The third-order valence-corrected chi connectivity index (χ3v) is 5.73. The van der Waals surface area contributed by atoms with Crippen molar-refractivity contribution in [2.75, 3.05) is 19.5 Å². The molecule has 0 radical (unpaired) electrons. The molecule has 1 aliphatic carbocycles. The number of hydrogen-bond acceptors (Lipinski definition) is 6. The fourth-order valence-corrected chi connectivity index (χ4v) is 4.14. The molecule has 0 aliphatic heterocycles. The van der Waals surface area contributed by atoms with Crippen LogP contribution in [-0.2, 0) is 13.5 Å². The Morgan fingerprint density at radius 2 is 2.29 bits per heavy atom. The molecular weight excluding hydrogens is 376 g/mol. The number of aromatic nitrogens is 4. The Hall–Kier alpha value is -2.94. The number of methoxy groups -OCH3 is 1. The van der Waals surface area contributed by atoms with Gasteiger partial charge in [0.25, 0.3) is 0 Å². The number of hydrogen-bond donors (Lipinski definition) is 1. The van der Waals surface area contributed by atoms with Crippen LogP contribution in [0.25, 0.3) is 11.4 Å². The first-order valence-corrected chi connectivity index (χ1v) is 9.87. The fourth-order valence-electron chi connectivity index (χ4n) is 3.56. The van der Waals surface area contributed by atoms with Crippen LogP contribution in [-0.4, -0.2) is 44.2 Å². The number of carbonyl (C=O) groups is 1. The minimum atomic E-state index is -0.199. The van der Waals surface area contributed by atoms with Crippen molar-refractivity contribution in [1.82, 2.24) is 24.0 Å². The van der Waals surface area contributed by atoms with Crippen LogP contribution in [0.3, 0.4) is 0 Å². The number of nitrogens with zero attached hydrogens (tertiary/aromatic N) is 5. The Bertz CT molecular complexity index is 998. The SMILES string of the molecule is COc1cccc(-c2nsc(NC(=O)N(C)C3CCCc4c3cnn4C)n2)c1. The number of fused-ring (bicyclic) bond motifs is 1. The van der Waals surface area contributed by atoms with E-state index in [0.29, 0.717) is 11.0 Å². The van der Waals surface area contributed by atoms with Gasteiger partial charge in [0.1, 0.15) is 5.75 Å². The molecule has 1 unspecified atom stereocenters. The van der Waals surface area contributed by atoms with E-state index in [1.807, 2.05) is 49.2 Å². The number of nitrogens with one attached hydrogen (secondary N) is 1. The van der Waals surface area contributed by atoms with Crippen molar-refractivity contribution >= 4 is 22.7 Å². The quantitative estimate of drug-likeness (QED) is 0.727. The second-order valence-corrected chi connectivity index (χ2v) is 7.53. The van der Waals surface area contributed by atoms with E-state index in [9.17, 15) is 4.79 Å². The summed E-state index contributed by atoms with van der Waals surface area (Å²) in [5, 5.41) is 7.69. The molecule has 4 rings (SSSR count). The third-order valence-electron chi connectivity index (χ3n) is 5.10. The molecule has 1 aromatic carbocycles. The lowest BCUT2D eigenvalue weighted by atomic mass is 9.92. The average molecular weight is 398 g/mol. The highest BCUT2D eigenvalue weighted by atomic mass is 32.1. The van der Waals surface area contributed by atoms with Crippen LogP contribution in [0.2, 0.25) is 0 Å². The smallest absolute Gasteiger partial charge is 0.323 e. The van der Waals surface area contributed by atoms with Gasteiger partial charge in [-0.05, 0) is 31.4 Å². The predicted octanol–water partition coefficient (Wildman–Crippen LogP) is 3.49. The third kappa shape index (κ3) is 3.45. The maximum absolute atomic E-state index is 12.8. The lowest BCUT2D eigenvalue weighted by molar-refractivity contribution is 0.197. The molecule has 2 aromatic heterocycles. The molecule has 8 nitrogen and oxygen atoms in total. The molecular formula is C19H22N6O2S. The normalized spacial score (nSPS) is 15.8. The number of rotatable bonds is 4. The zero-order valence-electron chi connectivity index (χ0n) is 16.0. The van der Waals surface area contributed by atoms with Gasteiger partial charge < -0.3 is 9.64 Å². The summed E-state index contributed by atoms with van der Waals surface area (Å²) in [6.07, 6.45) is 4.83. The summed E-state index contributed by atoms with van der Waals surface area (Å²) in [6.45, 7) is 0. The maximum Gasteiger partial charge on any atom is 0.323 e. The van der Waals surface area contributed by atoms with E-state index in [1.54, 1.807) is 12.0 Å². The summed E-state index contributed by atoms with van der Waals surface area (Å²) in [6, 6.07) is 7.35. The first-order valence-electron chi connectivity index (χ1n) is 9.09. The van der Waals surface area contributed by atoms with E-state index >= 15 is 0 Å². The first kappa shape index (κ1) is 18.4. The minimum Gasteiger partial charge on any atom is -0.497 e. The molecule has 3 aromatic rings. The van der Waals surface area contributed by atoms with Crippen molar-refractivity contribution in [2.45, 2.75) is 25.3 Å². The number of amides is 2. The van der Waals surface area contributed by atoms with Crippen molar-refractivity contribution in [3.05, 3.63) is 41.7 Å². The zero-order valence-corrected chi connectivity index (χ0v) is 16.9.